The summed E-state index contributed by atoms with van der Waals surface area (Å²) >= 11 is 0. The van der Waals surface area contributed by atoms with E-state index in [2.05, 4.69) is 13.0 Å². The van der Waals surface area contributed by atoms with Gasteiger partial charge in [0.2, 0.25) is 0 Å². The summed E-state index contributed by atoms with van der Waals surface area (Å²) < 4.78 is 5.11. The smallest absolute Gasteiger partial charge is 0.331 e. The molecule has 0 aliphatic rings. The van der Waals surface area contributed by atoms with Crippen LogP contribution in [0.2, 0.25) is 0 Å². The molecule has 0 radical (unpaired) electrons. The Labute approximate surface area is 124 Å². The van der Waals surface area contributed by atoms with Gasteiger partial charge in [0, 0.05) is 6.08 Å². The van der Waals surface area contributed by atoms with Crippen molar-refractivity contribution in [3.8, 4) is 0 Å². The minimum absolute atomic E-state index is 0.0104. The molecule has 0 aliphatic heterocycles. The van der Waals surface area contributed by atoms with Gasteiger partial charge in [0.25, 0.3) is 0 Å². The van der Waals surface area contributed by atoms with Gasteiger partial charge in [-0.2, -0.15) is 0 Å². The molecule has 0 aromatic rings. The van der Waals surface area contributed by atoms with E-state index in [4.69, 9.17) is 4.74 Å². The summed E-state index contributed by atoms with van der Waals surface area (Å²) in [6.07, 6.45) is 19.7. The molecule has 0 N–H and O–H groups in total. The first-order valence-corrected chi connectivity index (χ1v) is 7.91. The van der Waals surface area contributed by atoms with Gasteiger partial charge in [0.1, 0.15) is 0 Å². The molecular formula is C18H30O2. The summed E-state index contributed by atoms with van der Waals surface area (Å²) in [5.74, 6) is -0.274. The van der Waals surface area contributed by atoms with Crippen molar-refractivity contribution >= 4 is 5.97 Å². The van der Waals surface area contributed by atoms with Crippen LogP contribution in [0.25, 0.3) is 0 Å². The molecule has 0 amide bonds. The second-order valence-corrected chi connectivity index (χ2v) is 5.03. The lowest BCUT2D eigenvalue weighted by Crippen LogP contribution is -2.11. The van der Waals surface area contributed by atoms with Crippen molar-refractivity contribution in [3.63, 3.8) is 0 Å². The third kappa shape index (κ3) is 13.1. The van der Waals surface area contributed by atoms with Crippen LogP contribution in [0.1, 0.15) is 65.7 Å². The van der Waals surface area contributed by atoms with Gasteiger partial charge in [0.15, 0.2) is 0 Å². The predicted molar refractivity (Wildman–Crippen MR) is 86.6 cm³/mol. The normalized spacial score (nSPS) is 13.6. The zero-order valence-corrected chi connectivity index (χ0v) is 13.3. The Morgan fingerprint density at radius 2 is 1.70 bits per heavy atom. The number of rotatable bonds is 11. The molecule has 2 heteroatoms. The van der Waals surface area contributed by atoms with Gasteiger partial charge in [-0.1, -0.05) is 69.9 Å². The summed E-state index contributed by atoms with van der Waals surface area (Å²) in [5, 5.41) is 0. The number of hydrogen-bond donors (Lipinski definition) is 0. The quantitative estimate of drug-likeness (QED) is 0.220. The molecule has 0 aromatic carbocycles. The summed E-state index contributed by atoms with van der Waals surface area (Å²) in [6, 6.07) is 0. The molecule has 0 spiro atoms. The molecule has 2 nitrogen and oxygen atoms in total. The number of esters is 1. The maximum atomic E-state index is 11.3. The van der Waals surface area contributed by atoms with Crippen LogP contribution in [-0.4, -0.2) is 12.1 Å². The van der Waals surface area contributed by atoms with Crippen molar-refractivity contribution in [2.75, 3.05) is 0 Å². The molecule has 20 heavy (non-hydrogen) atoms. The maximum Gasteiger partial charge on any atom is 0.331 e. The van der Waals surface area contributed by atoms with Crippen LogP contribution in [0.3, 0.4) is 0 Å². The number of unbranched alkanes of at least 4 members (excludes halogenated alkanes) is 5. The van der Waals surface area contributed by atoms with E-state index in [0.717, 1.165) is 12.8 Å². The molecule has 114 valence electrons. The van der Waals surface area contributed by atoms with E-state index in [0.29, 0.717) is 0 Å². The Bertz CT molecular complexity index is 313. The van der Waals surface area contributed by atoms with Crippen molar-refractivity contribution in [1.29, 1.82) is 0 Å². The van der Waals surface area contributed by atoms with Gasteiger partial charge in [-0.25, -0.2) is 4.79 Å². The fourth-order valence-corrected chi connectivity index (χ4v) is 1.62. The highest BCUT2D eigenvalue weighted by Crippen LogP contribution is 2.05. The largest absolute Gasteiger partial charge is 0.460 e. The summed E-state index contributed by atoms with van der Waals surface area (Å²) in [7, 11) is 0. The van der Waals surface area contributed by atoms with E-state index < -0.39 is 0 Å². The first-order chi connectivity index (χ1) is 9.70. The molecule has 0 saturated heterocycles. The van der Waals surface area contributed by atoms with Crippen LogP contribution in [0.5, 0.6) is 0 Å². The van der Waals surface area contributed by atoms with Gasteiger partial charge < -0.3 is 4.74 Å². The standard InChI is InChI=1S/C18H30O2/c1-4-6-7-8-9-10-11-12-13-14-15-16-18(19)20-17(3)5-2/h11-17H,4-10H2,1-3H3. The van der Waals surface area contributed by atoms with Crippen LogP contribution >= 0.6 is 0 Å². The van der Waals surface area contributed by atoms with Gasteiger partial charge in [-0.15, -0.1) is 0 Å². The van der Waals surface area contributed by atoms with E-state index in [1.54, 1.807) is 6.08 Å². The number of carbonyl (C=O) groups excluding carboxylic acids is 1. The number of allylic oxidation sites excluding steroid dienone is 5. The Balaban J connectivity index is 3.61. The molecule has 0 heterocycles. The van der Waals surface area contributed by atoms with Crippen molar-refractivity contribution < 1.29 is 9.53 Å². The summed E-state index contributed by atoms with van der Waals surface area (Å²) in [5.41, 5.74) is 0. The number of hydrogen-bond acceptors (Lipinski definition) is 2. The highest BCUT2D eigenvalue weighted by molar-refractivity contribution is 5.82. The minimum atomic E-state index is -0.274. The topological polar surface area (TPSA) is 26.3 Å². The van der Waals surface area contributed by atoms with Gasteiger partial charge >= 0.3 is 5.97 Å². The molecule has 0 aliphatic carbocycles. The summed E-state index contributed by atoms with van der Waals surface area (Å²) in [4.78, 5) is 11.3. The highest BCUT2D eigenvalue weighted by Gasteiger charge is 2.02. The van der Waals surface area contributed by atoms with Gasteiger partial charge in [-0.05, 0) is 26.2 Å². The Kier molecular flexibility index (Phi) is 13.2. The lowest BCUT2D eigenvalue weighted by atomic mass is 10.1. The van der Waals surface area contributed by atoms with Gasteiger partial charge in [0.05, 0.1) is 6.10 Å². The van der Waals surface area contributed by atoms with E-state index in [1.807, 2.05) is 32.1 Å². The number of carbonyl (C=O) groups is 1. The molecule has 1 unspecified atom stereocenters. The first kappa shape index (κ1) is 18.7. The van der Waals surface area contributed by atoms with E-state index in [-0.39, 0.29) is 12.1 Å². The SMILES string of the molecule is CCCCCCCC=CC=CC=CC(=O)OC(C)CC. The van der Waals surface area contributed by atoms with Crippen molar-refractivity contribution in [1.82, 2.24) is 0 Å². The third-order valence-corrected chi connectivity index (χ3v) is 3.07. The first-order valence-electron chi connectivity index (χ1n) is 7.91. The molecular weight excluding hydrogens is 248 g/mol. The molecule has 0 bridgehead atoms. The lowest BCUT2D eigenvalue weighted by molar-refractivity contribution is -0.142. The zero-order chi connectivity index (χ0) is 15.1. The van der Waals surface area contributed by atoms with E-state index in [9.17, 15) is 4.79 Å². The van der Waals surface area contributed by atoms with Crippen LogP contribution in [0, 0.1) is 0 Å². The second kappa shape index (κ2) is 14.1. The average molecular weight is 278 g/mol. The van der Waals surface area contributed by atoms with Gasteiger partial charge in [-0.3, -0.25) is 0 Å². The maximum absolute atomic E-state index is 11.3. The van der Waals surface area contributed by atoms with E-state index >= 15 is 0 Å². The van der Waals surface area contributed by atoms with Crippen molar-refractivity contribution in [2.45, 2.75) is 71.8 Å². The van der Waals surface area contributed by atoms with Crippen molar-refractivity contribution in [3.05, 3.63) is 36.5 Å². The van der Waals surface area contributed by atoms with Crippen LogP contribution < -0.4 is 0 Å². The lowest BCUT2D eigenvalue weighted by Gasteiger charge is -2.07. The second-order valence-electron chi connectivity index (χ2n) is 5.03. The highest BCUT2D eigenvalue weighted by atomic mass is 16.5. The molecule has 0 aromatic heterocycles. The van der Waals surface area contributed by atoms with Crippen LogP contribution in [0.15, 0.2) is 36.5 Å². The fourth-order valence-electron chi connectivity index (χ4n) is 1.62. The Hall–Kier alpha value is -1.31. The molecule has 0 rings (SSSR count). The molecule has 0 saturated carbocycles. The Morgan fingerprint density at radius 1 is 1.00 bits per heavy atom. The minimum Gasteiger partial charge on any atom is -0.460 e. The van der Waals surface area contributed by atoms with Crippen LogP contribution in [0.4, 0.5) is 0 Å². The van der Waals surface area contributed by atoms with E-state index in [1.165, 1.54) is 38.2 Å². The summed E-state index contributed by atoms with van der Waals surface area (Å²) in [6.45, 7) is 6.12. The van der Waals surface area contributed by atoms with Crippen molar-refractivity contribution in [2.24, 2.45) is 0 Å². The third-order valence-electron chi connectivity index (χ3n) is 3.07. The molecule has 0 fully saturated rings. The van der Waals surface area contributed by atoms with Crippen LogP contribution in [-0.2, 0) is 9.53 Å². The predicted octanol–water partition coefficient (Wildman–Crippen LogP) is 5.36. The number of ether oxygens (including phenoxy) is 1. The fraction of sp³-hybridized carbons (Fsp3) is 0.611. The Morgan fingerprint density at radius 3 is 2.40 bits per heavy atom. The zero-order valence-electron chi connectivity index (χ0n) is 13.3. The molecule has 1 atom stereocenters. The monoisotopic (exact) mass is 278 g/mol. The average Bonchev–Trinajstić information content (AvgIpc) is 2.44.